The van der Waals surface area contributed by atoms with Gasteiger partial charge in [0.1, 0.15) is 0 Å². The van der Waals surface area contributed by atoms with Crippen LogP contribution in [-0.2, 0) is 27.1 Å². The molecule has 13 heteroatoms. The van der Waals surface area contributed by atoms with Crippen molar-refractivity contribution in [1.82, 2.24) is 0 Å². The number of rotatable bonds is 36. The van der Waals surface area contributed by atoms with Crippen molar-refractivity contribution in [3.63, 3.8) is 0 Å². The molecule has 0 unspecified atom stereocenters. The van der Waals surface area contributed by atoms with E-state index in [2.05, 4.69) is 41.5 Å². The minimum Gasteiger partial charge on any atom is -0.786 e. The average molecular weight is 870 g/mol. The van der Waals surface area contributed by atoms with Crippen LogP contribution < -0.4 is 14.7 Å². The SMILES string of the molecule is CCCCCCOP([O-])OCCCCCC.CCCCCCOP([O-])OCCCCCC.CCCCCCOP([O-])OCCCCCC.[Sb+3]. The van der Waals surface area contributed by atoms with Gasteiger partial charge in [-0.15, -0.1) is 0 Å². The summed E-state index contributed by atoms with van der Waals surface area (Å²) in [7, 11) is -5.62. The molecule has 0 bridgehead atoms. The molecule has 0 aromatic heterocycles. The quantitative estimate of drug-likeness (QED) is 0.0344. The van der Waals surface area contributed by atoms with E-state index in [0.29, 0.717) is 39.6 Å². The van der Waals surface area contributed by atoms with Crippen molar-refractivity contribution in [3.8, 4) is 0 Å². The molecule has 0 saturated heterocycles. The number of unbranched alkanes of at least 4 members (excludes halogenated alkanes) is 18. The Balaban J connectivity index is -0.000000307. The van der Waals surface area contributed by atoms with Crippen LogP contribution in [0.4, 0.5) is 0 Å². The summed E-state index contributed by atoms with van der Waals surface area (Å²) in [6.07, 6.45) is 27.3. The van der Waals surface area contributed by atoms with E-state index >= 15 is 0 Å². The summed E-state index contributed by atoms with van der Waals surface area (Å²) in [6, 6.07) is 0. The zero-order valence-corrected chi connectivity index (χ0v) is 37.9. The van der Waals surface area contributed by atoms with Gasteiger partial charge in [0.15, 0.2) is 0 Å². The molecule has 0 saturated carbocycles. The average Bonchev–Trinajstić information content (AvgIpc) is 3.08. The topological polar surface area (TPSA) is 125 Å². The fourth-order valence-electron chi connectivity index (χ4n) is 4.12. The molecule has 0 aromatic rings. The van der Waals surface area contributed by atoms with E-state index in [4.69, 9.17) is 27.1 Å². The second kappa shape index (κ2) is 54.1. The van der Waals surface area contributed by atoms with Gasteiger partial charge in [-0.2, -0.15) is 0 Å². The standard InChI is InChI=1S/3C12H26O3P.Sb/c3*1-3-5-7-9-11-14-16(13)15-12-10-8-6-4-2;/h3*3-12H2,1-2H3;/q3*-1;+3. The molecular formula is C36H78O9P3Sb. The minimum atomic E-state index is -1.87. The maximum absolute atomic E-state index is 11.2. The van der Waals surface area contributed by atoms with Crippen LogP contribution in [-0.4, -0.2) is 64.1 Å². The van der Waals surface area contributed by atoms with Gasteiger partial charge in [-0.1, -0.05) is 157 Å². The van der Waals surface area contributed by atoms with Gasteiger partial charge in [0, 0.05) is 0 Å². The molecule has 296 valence electrons. The van der Waals surface area contributed by atoms with E-state index < -0.39 is 25.8 Å². The molecule has 9 nitrogen and oxygen atoms in total. The summed E-state index contributed by atoms with van der Waals surface area (Å²) in [5, 5.41) is 0. The smallest absolute Gasteiger partial charge is 0.786 e. The Hall–Kier alpha value is 1.75. The van der Waals surface area contributed by atoms with E-state index in [1.807, 2.05) is 0 Å². The fourth-order valence-corrected chi connectivity index (χ4v) is 6.01. The third-order valence-electron chi connectivity index (χ3n) is 7.17. The third kappa shape index (κ3) is 59.3. The van der Waals surface area contributed by atoms with Crippen molar-refractivity contribution in [3.05, 3.63) is 0 Å². The first kappa shape index (κ1) is 57.5. The van der Waals surface area contributed by atoms with E-state index in [1.165, 1.54) is 77.0 Å². The third-order valence-corrected chi connectivity index (χ3v) is 9.53. The first-order valence-corrected chi connectivity index (χ1v) is 22.9. The van der Waals surface area contributed by atoms with Crippen LogP contribution in [0, 0.1) is 0 Å². The van der Waals surface area contributed by atoms with Crippen molar-refractivity contribution in [1.29, 1.82) is 0 Å². The van der Waals surface area contributed by atoms with Crippen LogP contribution in [0.3, 0.4) is 0 Å². The fraction of sp³-hybridized carbons (Fsp3) is 1.00. The van der Waals surface area contributed by atoms with Crippen molar-refractivity contribution in [2.24, 2.45) is 0 Å². The van der Waals surface area contributed by atoms with Gasteiger partial charge in [-0.25, -0.2) is 0 Å². The van der Waals surface area contributed by atoms with Crippen LogP contribution in [0.2, 0.25) is 0 Å². The van der Waals surface area contributed by atoms with Crippen LogP contribution in [0.25, 0.3) is 0 Å². The summed E-state index contributed by atoms with van der Waals surface area (Å²) in [6.45, 7) is 16.4. The van der Waals surface area contributed by atoms with Gasteiger partial charge in [-0.3, -0.25) is 0 Å². The van der Waals surface area contributed by atoms with Gasteiger partial charge in [-0.05, 0) is 38.5 Å². The Bertz CT molecular complexity index is 437. The second-order valence-corrected chi connectivity index (χ2v) is 14.9. The first-order valence-electron chi connectivity index (χ1n) is 19.6. The molecule has 0 atom stereocenters. The van der Waals surface area contributed by atoms with Gasteiger partial charge < -0.3 is 41.8 Å². The Kier molecular flexibility index (Phi) is 63.4. The molecule has 0 aromatic carbocycles. The maximum atomic E-state index is 11.2. The van der Waals surface area contributed by atoms with Gasteiger partial charge in [0.05, 0.1) is 65.4 Å². The van der Waals surface area contributed by atoms with Crippen LogP contribution in [0.15, 0.2) is 0 Å². The zero-order chi connectivity index (χ0) is 36.2. The van der Waals surface area contributed by atoms with E-state index in [0.717, 1.165) is 77.0 Å². The normalized spacial score (nSPS) is 11.0. The molecular weight excluding hydrogens is 791 g/mol. The molecule has 0 rings (SSSR count). The molecule has 0 spiro atoms. The molecule has 0 amide bonds. The zero-order valence-electron chi connectivity index (χ0n) is 32.7. The maximum Gasteiger partial charge on any atom is 3.00 e. The van der Waals surface area contributed by atoms with Gasteiger partial charge >= 0.3 is 24.4 Å². The molecule has 0 aliphatic heterocycles. The van der Waals surface area contributed by atoms with Crippen molar-refractivity contribution >= 4 is 50.2 Å². The summed E-state index contributed by atoms with van der Waals surface area (Å²) < 4.78 is 30.5. The summed E-state index contributed by atoms with van der Waals surface area (Å²) in [5.74, 6) is 0. The van der Waals surface area contributed by atoms with Crippen molar-refractivity contribution < 1.29 is 41.8 Å². The molecule has 0 fully saturated rings. The Morgan fingerprint density at radius 2 is 0.408 bits per heavy atom. The van der Waals surface area contributed by atoms with Crippen LogP contribution in [0.5, 0.6) is 0 Å². The largest absolute Gasteiger partial charge is 3.00 e. The van der Waals surface area contributed by atoms with Crippen molar-refractivity contribution in [2.45, 2.75) is 196 Å². The minimum absolute atomic E-state index is 0. The summed E-state index contributed by atoms with van der Waals surface area (Å²) in [5.41, 5.74) is 0. The summed E-state index contributed by atoms with van der Waals surface area (Å²) >= 11 is 0. The monoisotopic (exact) mass is 868 g/mol. The Labute approximate surface area is 325 Å². The molecule has 0 heterocycles. The van der Waals surface area contributed by atoms with Crippen LogP contribution >= 0.6 is 25.8 Å². The van der Waals surface area contributed by atoms with Gasteiger partial charge in [0.2, 0.25) is 0 Å². The molecule has 0 N–H and O–H groups in total. The molecule has 49 heavy (non-hydrogen) atoms. The van der Waals surface area contributed by atoms with E-state index in [-0.39, 0.29) is 24.4 Å². The van der Waals surface area contributed by atoms with E-state index in [1.54, 1.807) is 0 Å². The second-order valence-electron chi connectivity index (χ2n) is 12.0. The molecule has 2 radical (unpaired) electrons. The first-order chi connectivity index (χ1) is 23.4. The number of hydrogen-bond donors (Lipinski definition) is 0. The molecule has 0 aliphatic rings. The Morgan fingerprint density at radius 1 is 0.265 bits per heavy atom. The summed E-state index contributed by atoms with van der Waals surface area (Å²) in [4.78, 5) is 33.6. The Morgan fingerprint density at radius 3 is 0.531 bits per heavy atom. The number of hydrogen-bond acceptors (Lipinski definition) is 9. The predicted molar refractivity (Wildman–Crippen MR) is 207 cm³/mol. The van der Waals surface area contributed by atoms with Crippen LogP contribution in [0.1, 0.15) is 196 Å². The van der Waals surface area contributed by atoms with E-state index in [9.17, 15) is 14.7 Å². The van der Waals surface area contributed by atoms with Gasteiger partial charge in [0.25, 0.3) is 0 Å². The molecule has 0 aliphatic carbocycles. The predicted octanol–water partition coefficient (Wildman–Crippen LogP) is 10.9. The van der Waals surface area contributed by atoms with Crippen molar-refractivity contribution in [2.75, 3.05) is 39.6 Å².